The van der Waals surface area contributed by atoms with E-state index in [1.54, 1.807) is 37.5 Å². The van der Waals surface area contributed by atoms with Crippen LogP contribution in [0.5, 0.6) is 5.75 Å². The third-order valence-corrected chi connectivity index (χ3v) is 4.47. The Labute approximate surface area is 160 Å². The number of hydrogen-bond acceptors (Lipinski definition) is 3. The normalized spacial score (nSPS) is 13.5. The molecule has 0 saturated heterocycles. The van der Waals surface area contributed by atoms with Crippen molar-refractivity contribution in [3.05, 3.63) is 58.6 Å². The lowest BCUT2D eigenvalue weighted by Crippen LogP contribution is -2.13. The largest absolute Gasteiger partial charge is 0.496 e. The Bertz CT molecular complexity index is 843. The number of rotatable bonds is 6. The first-order chi connectivity index (χ1) is 12.5. The fourth-order valence-electron chi connectivity index (χ4n) is 2.41. The molecular weight excluding hydrogens is 396 g/mol. The number of halogens is 1. The summed E-state index contributed by atoms with van der Waals surface area (Å²) < 4.78 is 6.18. The van der Waals surface area contributed by atoms with Gasteiger partial charge in [0.2, 0.25) is 11.8 Å². The van der Waals surface area contributed by atoms with Crippen LogP contribution in [0.15, 0.2) is 53.0 Å². The predicted molar refractivity (Wildman–Crippen MR) is 106 cm³/mol. The summed E-state index contributed by atoms with van der Waals surface area (Å²) in [7, 11) is 1.59. The molecule has 2 aromatic rings. The highest BCUT2D eigenvalue weighted by Crippen LogP contribution is 2.30. The molecule has 2 N–H and O–H groups in total. The number of anilines is 2. The van der Waals surface area contributed by atoms with Crippen molar-refractivity contribution in [1.82, 2.24) is 0 Å². The average molecular weight is 415 g/mol. The van der Waals surface area contributed by atoms with Crippen LogP contribution in [-0.2, 0) is 9.59 Å². The third kappa shape index (κ3) is 4.95. The molecule has 0 spiro atoms. The second kappa shape index (κ2) is 8.19. The first-order valence-corrected chi connectivity index (χ1v) is 9.08. The maximum atomic E-state index is 12.1. The fraction of sp³-hybridized carbons (Fsp3) is 0.200. The van der Waals surface area contributed by atoms with Gasteiger partial charge < -0.3 is 15.4 Å². The van der Waals surface area contributed by atoms with E-state index in [0.717, 1.165) is 28.6 Å². The molecule has 3 rings (SSSR count). The van der Waals surface area contributed by atoms with Gasteiger partial charge in [0.15, 0.2) is 0 Å². The Morgan fingerprint density at radius 1 is 1.08 bits per heavy atom. The van der Waals surface area contributed by atoms with Gasteiger partial charge >= 0.3 is 0 Å². The molecular formula is C20H19BrN2O3. The van der Waals surface area contributed by atoms with Gasteiger partial charge in [-0.3, -0.25) is 9.59 Å². The first kappa shape index (κ1) is 18.2. The number of methoxy groups -OCH3 is 1. The standard InChI is InChI=1S/C20H19BrN2O3/c1-26-18-10-5-15(21)12-14(18)4-11-19(24)22-16-6-8-17(9-7-16)23-20(25)13-2-3-13/h4-13H,2-3H2,1H3,(H,22,24)(H,23,25)/b11-4+. The Morgan fingerprint density at radius 2 is 1.73 bits per heavy atom. The molecule has 0 heterocycles. The summed E-state index contributed by atoms with van der Waals surface area (Å²) in [5.74, 6) is 0.664. The minimum absolute atomic E-state index is 0.0627. The minimum Gasteiger partial charge on any atom is -0.496 e. The molecule has 5 nitrogen and oxygen atoms in total. The van der Waals surface area contributed by atoms with Crippen molar-refractivity contribution in [3.63, 3.8) is 0 Å². The second-order valence-corrected chi connectivity index (χ2v) is 6.97. The summed E-state index contributed by atoms with van der Waals surface area (Å²) in [5, 5.41) is 5.65. The maximum Gasteiger partial charge on any atom is 0.248 e. The Balaban J connectivity index is 1.59. The average Bonchev–Trinajstić information content (AvgIpc) is 3.47. The highest BCUT2D eigenvalue weighted by atomic mass is 79.9. The molecule has 0 radical (unpaired) electrons. The van der Waals surface area contributed by atoms with Crippen LogP contribution in [-0.4, -0.2) is 18.9 Å². The van der Waals surface area contributed by atoms with Crippen molar-refractivity contribution in [3.8, 4) is 5.75 Å². The van der Waals surface area contributed by atoms with Crippen LogP contribution >= 0.6 is 15.9 Å². The van der Waals surface area contributed by atoms with Gasteiger partial charge in [0, 0.05) is 33.4 Å². The van der Waals surface area contributed by atoms with Gasteiger partial charge in [0.05, 0.1) is 7.11 Å². The highest BCUT2D eigenvalue weighted by Gasteiger charge is 2.29. The van der Waals surface area contributed by atoms with Crippen molar-refractivity contribution in [2.45, 2.75) is 12.8 Å². The molecule has 2 aromatic carbocycles. The molecule has 2 amide bonds. The van der Waals surface area contributed by atoms with E-state index in [1.165, 1.54) is 6.08 Å². The van der Waals surface area contributed by atoms with Crippen LogP contribution in [0.2, 0.25) is 0 Å². The monoisotopic (exact) mass is 414 g/mol. The molecule has 1 aliphatic rings. The fourth-order valence-corrected chi connectivity index (χ4v) is 2.79. The summed E-state index contributed by atoms with van der Waals surface area (Å²) in [6.07, 6.45) is 5.08. The lowest BCUT2D eigenvalue weighted by molar-refractivity contribution is -0.117. The van der Waals surface area contributed by atoms with Crippen LogP contribution in [0.3, 0.4) is 0 Å². The summed E-state index contributed by atoms with van der Waals surface area (Å²) in [6, 6.07) is 12.6. The summed E-state index contributed by atoms with van der Waals surface area (Å²) in [4.78, 5) is 23.8. The van der Waals surface area contributed by atoms with Crippen LogP contribution in [0.1, 0.15) is 18.4 Å². The molecule has 0 aromatic heterocycles. The van der Waals surface area contributed by atoms with Crippen LogP contribution in [0.4, 0.5) is 11.4 Å². The van der Waals surface area contributed by atoms with E-state index in [9.17, 15) is 9.59 Å². The van der Waals surface area contributed by atoms with E-state index in [4.69, 9.17) is 4.74 Å². The Hall–Kier alpha value is -2.60. The number of nitrogens with one attached hydrogen (secondary N) is 2. The summed E-state index contributed by atoms with van der Waals surface area (Å²) in [6.45, 7) is 0. The van der Waals surface area contributed by atoms with Crippen molar-refractivity contribution in [2.75, 3.05) is 17.7 Å². The second-order valence-electron chi connectivity index (χ2n) is 6.05. The van der Waals surface area contributed by atoms with E-state index in [1.807, 2.05) is 18.2 Å². The molecule has 0 bridgehead atoms. The van der Waals surface area contributed by atoms with Gasteiger partial charge in [-0.15, -0.1) is 0 Å². The molecule has 0 atom stereocenters. The van der Waals surface area contributed by atoms with Crippen molar-refractivity contribution < 1.29 is 14.3 Å². The van der Waals surface area contributed by atoms with E-state index in [-0.39, 0.29) is 17.7 Å². The van der Waals surface area contributed by atoms with Gasteiger partial charge in [0.25, 0.3) is 0 Å². The molecule has 1 aliphatic carbocycles. The molecule has 1 fully saturated rings. The number of benzene rings is 2. The predicted octanol–water partition coefficient (Wildman–Crippen LogP) is 4.46. The highest BCUT2D eigenvalue weighted by molar-refractivity contribution is 9.10. The van der Waals surface area contributed by atoms with Crippen molar-refractivity contribution in [2.24, 2.45) is 5.92 Å². The third-order valence-electron chi connectivity index (χ3n) is 3.97. The van der Waals surface area contributed by atoms with E-state index in [2.05, 4.69) is 26.6 Å². The lowest BCUT2D eigenvalue weighted by atomic mass is 10.2. The van der Waals surface area contributed by atoms with Crippen molar-refractivity contribution in [1.29, 1.82) is 0 Å². The number of carbonyl (C=O) groups is 2. The van der Waals surface area contributed by atoms with E-state index < -0.39 is 0 Å². The molecule has 134 valence electrons. The van der Waals surface area contributed by atoms with Gasteiger partial charge in [-0.25, -0.2) is 0 Å². The summed E-state index contributed by atoms with van der Waals surface area (Å²) >= 11 is 3.40. The zero-order valence-electron chi connectivity index (χ0n) is 14.3. The first-order valence-electron chi connectivity index (χ1n) is 8.28. The topological polar surface area (TPSA) is 67.4 Å². The van der Waals surface area contributed by atoms with E-state index >= 15 is 0 Å². The van der Waals surface area contributed by atoms with Crippen molar-refractivity contribution >= 4 is 45.2 Å². The maximum absolute atomic E-state index is 12.1. The Kier molecular flexibility index (Phi) is 5.73. The van der Waals surface area contributed by atoms with Gasteiger partial charge in [-0.05, 0) is 61.4 Å². The van der Waals surface area contributed by atoms with Gasteiger partial charge in [0.1, 0.15) is 5.75 Å². The zero-order chi connectivity index (χ0) is 18.5. The smallest absolute Gasteiger partial charge is 0.248 e. The number of hydrogen-bond donors (Lipinski definition) is 2. The van der Waals surface area contributed by atoms with Crippen LogP contribution < -0.4 is 15.4 Å². The van der Waals surface area contributed by atoms with Gasteiger partial charge in [-0.2, -0.15) is 0 Å². The summed E-state index contributed by atoms with van der Waals surface area (Å²) in [5.41, 5.74) is 2.19. The number of ether oxygens (including phenoxy) is 1. The van der Waals surface area contributed by atoms with Crippen LogP contribution in [0, 0.1) is 5.92 Å². The van der Waals surface area contributed by atoms with Crippen LogP contribution in [0.25, 0.3) is 6.08 Å². The number of amides is 2. The minimum atomic E-state index is -0.248. The molecule has 26 heavy (non-hydrogen) atoms. The molecule has 0 aliphatic heterocycles. The molecule has 1 saturated carbocycles. The SMILES string of the molecule is COc1ccc(Br)cc1/C=C/C(=O)Nc1ccc(NC(=O)C2CC2)cc1. The number of carbonyl (C=O) groups excluding carboxylic acids is 2. The van der Waals surface area contributed by atoms with Gasteiger partial charge in [-0.1, -0.05) is 15.9 Å². The Morgan fingerprint density at radius 3 is 2.35 bits per heavy atom. The lowest BCUT2D eigenvalue weighted by Gasteiger charge is -2.07. The molecule has 6 heteroatoms. The molecule has 0 unspecified atom stereocenters. The van der Waals surface area contributed by atoms with E-state index in [0.29, 0.717) is 11.4 Å². The zero-order valence-corrected chi connectivity index (χ0v) is 15.9. The quantitative estimate of drug-likeness (QED) is 0.685.